The van der Waals surface area contributed by atoms with Gasteiger partial charge in [0.1, 0.15) is 36.8 Å². The van der Waals surface area contributed by atoms with Gasteiger partial charge in [-0.15, -0.1) is 0 Å². The number of aliphatic imine (C=N–C) groups is 1. The van der Waals surface area contributed by atoms with Crippen LogP contribution in [0.5, 0.6) is 0 Å². The minimum atomic E-state index is -1.29. The molecule has 2 rings (SSSR count). The molecule has 6 atom stereocenters. The Morgan fingerprint density at radius 3 is 1.89 bits per heavy atom. The standard InChI is InChI=1S/C41H67N13O9/c1-22(2)17-30(53-38(61)31(52-35(58)24(5)43)18-25-19-47-27-12-7-6-11-26(25)27)39(62)54-34(23(3)4)40(63)51-29(13-8-9-15-42)37(60)48-20-32(55)50-28(14-10-16-46-41(44)45)36(59)49-21-33(56)57/h6-7,11-12,19,22-24,28-31,34,47H,8-10,13-18,20-21,42-43H2,1-5H3,(H,48,60)(H,49,59)(H,50,55)(H,51,63)(H,52,58)(H,53,61)(H,54,62)(H,56,57)(H4,44,45,46)/t24-,28-,29-,30-,31-,34-/m0/s1. The van der Waals surface area contributed by atoms with Crippen molar-refractivity contribution < 1.29 is 43.5 Å². The molecule has 1 aromatic carbocycles. The van der Waals surface area contributed by atoms with Gasteiger partial charge >= 0.3 is 5.97 Å². The van der Waals surface area contributed by atoms with Crippen LogP contribution in [0.1, 0.15) is 78.7 Å². The number of carbonyl (C=O) groups is 8. The van der Waals surface area contributed by atoms with Crippen molar-refractivity contribution in [3.8, 4) is 0 Å². The monoisotopic (exact) mass is 886 g/mol. The number of guanidine groups is 1. The van der Waals surface area contributed by atoms with Crippen LogP contribution in [0.4, 0.5) is 0 Å². The zero-order valence-electron chi connectivity index (χ0n) is 36.8. The second-order valence-electron chi connectivity index (χ2n) is 16.1. The molecule has 0 aliphatic rings. The van der Waals surface area contributed by atoms with E-state index in [0.717, 1.165) is 16.5 Å². The van der Waals surface area contributed by atoms with E-state index in [2.05, 4.69) is 47.2 Å². The van der Waals surface area contributed by atoms with E-state index in [0.29, 0.717) is 19.4 Å². The SMILES string of the molecule is CC(C)C[C@H](NC(=O)[C@H](Cc1c[nH]c2ccccc12)NC(=O)[C@H](C)N)C(=O)N[C@H](C(=O)N[C@@H](CCCCN)C(=O)NCC(=O)N[C@@H](CCCN=C(N)N)C(=O)NCC(=O)O)C(C)C. The summed E-state index contributed by atoms with van der Waals surface area (Å²) < 4.78 is 0. The Morgan fingerprint density at radius 1 is 0.698 bits per heavy atom. The van der Waals surface area contributed by atoms with Gasteiger partial charge in [0.15, 0.2) is 5.96 Å². The molecule has 0 radical (unpaired) electrons. The van der Waals surface area contributed by atoms with E-state index in [1.165, 1.54) is 6.92 Å². The zero-order valence-corrected chi connectivity index (χ0v) is 36.8. The number of amides is 7. The van der Waals surface area contributed by atoms with E-state index in [4.69, 9.17) is 28.0 Å². The van der Waals surface area contributed by atoms with Crippen molar-refractivity contribution in [1.82, 2.24) is 42.2 Å². The smallest absolute Gasteiger partial charge is 0.322 e. The van der Waals surface area contributed by atoms with Crippen molar-refractivity contribution in [2.24, 2.45) is 39.8 Å². The molecule has 0 saturated carbocycles. The number of H-pyrrole nitrogens is 1. The van der Waals surface area contributed by atoms with Gasteiger partial charge in [-0.1, -0.05) is 45.9 Å². The van der Waals surface area contributed by atoms with E-state index in [1.807, 2.05) is 38.1 Å². The van der Waals surface area contributed by atoms with Crippen molar-refractivity contribution in [1.29, 1.82) is 0 Å². The number of aliphatic carboxylic acids is 1. The number of para-hydroxylation sites is 1. The van der Waals surface area contributed by atoms with E-state index >= 15 is 0 Å². The fraction of sp³-hybridized carbons (Fsp3) is 0.585. The minimum absolute atomic E-state index is 0.0411. The quantitative estimate of drug-likeness (QED) is 0.0243. The van der Waals surface area contributed by atoms with Crippen LogP contribution in [0, 0.1) is 11.8 Å². The summed E-state index contributed by atoms with van der Waals surface area (Å²) in [5, 5.41) is 27.9. The van der Waals surface area contributed by atoms with Crippen molar-refractivity contribution in [3.05, 3.63) is 36.0 Å². The van der Waals surface area contributed by atoms with Crippen molar-refractivity contribution in [2.45, 2.75) is 116 Å². The molecule has 0 aliphatic heterocycles. The molecular weight excluding hydrogens is 819 g/mol. The lowest BCUT2D eigenvalue weighted by molar-refractivity contribution is -0.138. The van der Waals surface area contributed by atoms with E-state index in [-0.39, 0.29) is 50.5 Å². The molecule has 22 heteroatoms. The number of carbonyl (C=O) groups excluding carboxylic acids is 7. The van der Waals surface area contributed by atoms with Crippen LogP contribution in [-0.2, 0) is 44.8 Å². The largest absolute Gasteiger partial charge is 0.480 e. The van der Waals surface area contributed by atoms with Crippen LogP contribution in [0.3, 0.4) is 0 Å². The number of carboxylic acid groups (broad SMARTS) is 1. The third kappa shape index (κ3) is 19.1. The molecular formula is C41H67N13O9. The molecule has 0 bridgehead atoms. The molecule has 1 heterocycles. The van der Waals surface area contributed by atoms with E-state index in [9.17, 15) is 38.4 Å². The van der Waals surface area contributed by atoms with Gasteiger partial charge in [-0.2, -0.15) is 0 Å². The number of fused-ring (bicyclic) bond motifs is 1. The summed E-state index contributed by atoms with van der Waals surface area (Å²) in [7, 11) is 0. The second kappa shape index (κ2) is 26.9. The molecule has 0 aliphatic carbocycles. The Kier molecular flexibility index (Phi) is 22.6. The summed E-state index contributed by atoms with van der Waals surface area (Å²) in [4.78, 5) is 112. The van der Waals surface area contributed by atoms with Crippen molar-refractivity contribution >= 4 is 64.2 Å². The number of nitrogens with two attached hydrogens (primary N) is 4. The summed E-state index contributed by atoms with van der Waals surface area (Å²) in [6.45, 7) is 7.72. The van der Waals surface area contributed by atoms with Crippen LogP contribution >= 0.6 is 0 Å². The number of hydrogen-bond acceptors (Lipinski definition) is 11. The Labute approximate surface area is 367 Å². The first kappa shape index (κ1) is 52.8. The van der Waals surface area contributed by atoms with Gasteiger partial charge in [0.25, 0.3) is 0 Å². The predicted molar refractivity (Wildman–Crippen MR) is 236 cm³/mol. The third-order valence-electron chi connectivity index (χ3n) is 9.75. The molecule has 7 amide bonds. The molecule has 0 spiro atoms. The van der Waals surface area contributed by atoms with Gasteiger partial charge in [-0.3, -0.25) is 43.3 Å². The molecule has 17 N–H and O–H groups in total. The molecule has 2 aromatic rings. The van der Waals surface area contributed by atoms with Crippen LogP contribution in [0.15, 0.2) is 35.5 Å². The van der Waals surface area contributed by atoms with Crippen LogP contribution in [0.25, 0.3) is 10.9 Å². The summed E-state index contributed by atoms with van der Waals surface area (Å²) in [5.74, 6) is -6.93. The normalized spacial score (nSPS) is 14.0. The highest BCUT2D eigenvalue weighted by atomic mass is 16.4. The van der Waals surface area contributed by atoms with Crippen molar-refractivity contribution in [3.63, 3.8) is 0 Å². The Bertz CT molecular complexity index is 1900. The first-order valence-electron chi connectivity index (χ1n) is 21.1. The van der Waals surface area contributed by atoms with Gasteiger partial charge in [0, 0.05) is 30.1 Å². The number of rotatable bonds is 28. The lowest BCUT2D eigenvalue weighted by Crippen LogP contribution is -2.60. The average Bonchev–Trinajstić information content (AvgIpc) is 3.62. The van der Waals surface area contributed by atoms with Gasteiger partial charge < -0.3 is 70.2 Å². The van der Waals surface area contributed by atoms with Crippen molar-refractivity contribution in [2.75, 3.05) is 26.2 Å². The molecule has 0 fully saturated rings. The summed E-state index contributed by atoms with van der Waals surface area (Å²) in [5.41, 5.74) is 23.8. The highest BCUT2D eigenvalue weighted by Crippen LogP contribution is 2.20. The van der Waals surface area contributed by atoms with Gasteiger partial charge in [0.05, 0.1) is 12.6 Å². The number of nitrogens with one attached hydrogen (secondary N) is 8. The number of unbranched alkanes of at least 4 members (excludes halogenated alkanes) is 1. The molecule has 1 aromatic heterocycles. The highest BCUT2D eigenvalue weighted by Gasteiger charge is 2.34. The molecule has 22 nitrogen and oxygen atoms in total. The number of hydrogen-bond donors (Lipinski definition) is 13. The number of aromatic nitrogens is 1. The third-order valence-corrected chi connectivity index (χ3v) is 9.75. The molecule has 350 valence electrons. The van der Waals surface area contributed by atoms with Crippen LogP contribution < -0.4 is 60.2 Å². The Hall–Kier alpha value is -6.29. The zero-order chi connectivity index (χ0) is 47.2. The highest BCUT2D eigenvalue weighted by molar-refractivity contribution is 5.97. The van der Waals surface area contributed by atoms with Crippen LogP contribution in [0.2, 0.25) is 0 Å². The Balaban J connectivity index is 2.23. The fourth-order valence-electron chi connectivity index (χ4n) is 6.41. The maximum Gasteiger partial charge on any atom is 0.322 e. The first-order valence-corrected chi connectivity index (χ1v) is 21.1. The van der Waals surface area contributed by atoms with Gasteiger partial charge in [-0.25, -0.2) is 0 Å². The average molecular weight is 886 g/mol. The van der Waals surface area contributed by atoms with E-state index < -0.39 is 103 Å². The fourth-order valence-corrected chi connectivity index (χ4v) is 6.41. The molecule has 0 saturated heterocycles. The van der Waals surface area contributed by atoms with Gasteiger partial charge in [0.2, 0.25) is 41.4 Å². The number of aromatic amines is 1. The number of nitrogens with zero attached hydrogens (tertiary/aromatic N) is 1. The summed E-state index contributed by atoms with van der Waals surface area (Å²) in [6, 6.07) is 0.778. The molecule has 0 unspecified atom stereocenters. The lowest BCUT2D eigenvalue weighted by atomic mass is 9.98. The number of carboxylic acids is 1. The van der Waals surface area contributed by atoms with Crippen LogP contribution in [-0.4, -0.2) is 126 Å². The first-order chi connectivity index (χ1) is 29.7. The Morgan fingerprint density at radius 2 is 1.29 bits per heavy atom. The minimum Gasteiger partial charge on any atom is -0.480 e. The van der Waals surface area contributed by atoms with E-state index in [1.54, 1.807) is 20.0 Å². The number of benzene rings is 1. The topological polar surface area (TPSA) is 373 Å². The predicted octanol–water partition coefficient (Wildman–Crippen LogP) is -2.32. The summed E-state index contributed by atoms with van der Waals surface area (Å²) >= 11 is 0. The molecule has 63 heavy (non-hydrogen) atoms. The van der Waals surface area contributed by atoms with Gasteiger partial charge in [-0.05, 0) is 75.5 Å². The maximum atomic E-state index is 14.0. The second-order valence-corrected chi connectivity index (χ2v) is 16.1. The summed E-state index contributed by atoms with van der Waals surface area (Å²) in [6.07, 6.45) is 3.35. The maximum absolute atomic E-state index is 14.0. The lowest BCUT2D eigenvalue weighted by Gasteiger charge is -2.29.